The van der Waals surface area contributed by atoms with E-state index in [-0.39, 0.29) is 12.1 Å². The minimum atomic E-state index is -0.358. The highest BCUT2D eigenvalue weighted by molar-refractivity contribution is 6.31. The van der Waals surface area contributed by atoms with Gasteiger partial charge in [0.25, 0.3) is 0 Å². The fourth-order valence-electron chi connectivity index (χ4n) is 5.85. The summed E-state index contributed by atoms with van der Waals surface area (Å²) in [6.45, 7) is 4.22. The number of ether oxygens (including phenoxy) is 1. The zero-order valence-corrected chi connectivity index (χ0v) is 22.3. The minimum absolute atomic E-state index is 0.0623. The maximum Gasteiger partial charge on any atom is 0.226 e. The standard InChI is InChI=1S/C30H34ClN5O2/c31-22-7-10-27-26(19-22)25-11-17-36(30-32-13-4-14-33-30)29(28(25)34-27)21-5-8-24(9-6-21)38-18-12-23(37)20-35-15-2-1-3-16-35/h4-10,13-14,19,23,29,34,37H,1-3,11-12,15-18,20H2/t23-,29-/m0/s1. The maximum absolute atomic E-state index is 10.5. The molecule has 7 nitrogen and oxygen atoms in total. The van der Waals surface area contributed by atoms with E-state index in [1.165, 1.54) is 30.2 Å². The highest BCUT2D eigenvalue weighted by Gasteiger charge is 2.33. The SMILES string of the molecule is O[C@@H](CCOc1ccc([C@H]2c3[nH]c4ccc(Cl)cc4c3CCN2c2ncccn2)cc1)CN1CCCCC1. The monoisotopic (exact) mass is 531 g/mol. The Hall–Kier alpha value is -3.13. The fourth-order valence-corrected chi connectivity index (χ4v) is 6.02. The zero-order valence-electron chi connectivity index (χ0n) is 21.5. The molecular formula is C30H34ClN5O2. The van der Waals surface area contributed by atoms with Crippen molar-refractivity contribution in [2.24, 2.45) is 0 Å². The number of rotatable bonds is 8. The normalized spacial score (nSPS) is 18.9. The van der Waals surface area contributed by atoms with E-state index in [9.17, 15) is 5.11 Å². The number of aliphatic hydroxyl groups is 1. The smallest absolute Gasteiger partial charge is 0.226 e. The number of β-amino-alcohol motifs (C(OH)–C–C–N with tert-alkyl or cyclic N) is 1. The number of nitrogens with zero attached hydrogens (tertiary/aromatic N) is 4. The molecule has 0 unspecified atom stereocenters. The molecule has 4 aromatic rings. The summed E-state index contributed by atoms with van der Waals surface area (Å²) < 4.78 is 6.01. The third-order valence-corrected chi connectivity index (χ3v) is 7.97. The Labute approximate surface area is 228 Å². The number of aromatic amines is 1. The van der Waals surface area contributed by atoms with E-state index in [0.717, 1.165) is 60.1 Å². The van der Waals surface area contributed by atoms with E-state index in [1.54, 1.807) is 12.4 Å². The van der Waals surface area contributed by atoms with Crippen LogP contribution >= 0.6 is 11.6 Å². The van der Waals surface area contributed by atoms with Crippen LogP contribution in [-0.2, 0) is 6.42 Å². The summed E-state index contributed by atoms with van der Waals surface area (Å²) in [5.74, 6) is 1.52. The average molecular weight is 532 g/mol. The van der Waals surface area contributed by atoms with Crippen molar-refractivity contribution in [3.8, 4) is 5.75 Å². The van der Waals surface area contributed by atoms with E-state index >= 15 is 0 Å². The molecule has 2 aromatic heterocycles. The van der Waals surface area contributed by atoms with Crippen LogP contribution in [0.2, 0.25) is 5.02 Å². The molecule has 8 heteroatoms. The van der Waals surface area contributed by atoms with Crippen LogP contribution in [-0.4, -0.2) is 63.8 Å². The van der Waals surface area contributed by atoms with E-state index < -0.39 is 0 Å². The van der Waals surface area contributed by atoms with E-state index in [4.69, 9.17) is 16.3 Å². The summed E-state index contributed by atoms with van der Waals surface area (Å²) in [6, 6.07) is 16.1. The van der Waals surface area contributed by atoms with Gasteiger partial charge in [0.2, 0.25) is 5.95 Å². The Morgan fingerprint density at radius 1 is 1.03 bits per heavy atom. The van der Waals surface area contributed by atoms with Crippen molar-refractivity contribution < 1.29 is 9.84 Å². The van der Waals surface area contributed by atoms with Crippen molar-refractivity contribution in [3.63, 3.8) is 0 Å². The largest absolute Gasteiger partial charge is 0.493 e. The molecule has 4 heterocycles. The second kappa shape index (κ2) is 11.3. The van der Waals surface area contributed by atoms with Crippen LogP contribution in [0.25, 0.3) is 10.9 Å². The van der Waals surface area contributed by atoms with Gasteiger partial charge in [-0.3, -0.25) is 0 Å². The van der Waals surface area contributed by atoms with Crippen molar-refractivity contribution in [1.82, 2.24) is 19.9 Å². The molecule has 6 rings (SSSR count). The first-order valence-electron chi connectivity index (χ1n) is 13.6. The van der Waals surface area contributed by atoms with E-state index in [1.807, 2.05) is 30.3 Å². The second-order valence-electron chi connectivity index (χ2n) is 10.3. The molecule has 0 radical (unpaired) electrons. The Morgan fingerprint density at radius 2 is 1.82 bits per heavy atom. The first-order valence-corrected chi connectivity index (χ1v) is 14.0. The molecule has 1 fully saturated rings. The van der Waals surface area contributed by atoms with Gasteiger partial charge in [-0.15, -0.1) is 0 Å². The third kappa shape index (κ3) is 5.37. The average Bonchev–Trinajstić information content (AvgIpc) is 3.32. The lowest BCUT2D eigenvalue weighted by Gasteiger charge is -2.36. The fraction of sp³-hybridized carbons (Fsp3) is 0.400. The lowest BCUT2D eigenvalue weighted by atomic mass is 9.92. The molecule has 1 saturated heterocycles. The van der Waals surface area contributed by atoms with Crippen molar-refractivity contribution in [3.05, 3.63) is 82.8 Å². The van der Waals surface area contributed by atoms with Gasteiger partial charge in [-0.05, 0) is 79.9 Å². The molecule has 0 bridgehead atoms. The topological polar surface area (TPSA) is 77.5 Å². The summed E-state index contributed by atoms with van der Waals surface area (Å²) in [6.07, 6.45) is 8.50. The Balaban J connectivity index is 1.20. The molecule has 2 atom stereocenters. The molecule has 0 aliphatic carbocycles. The van der Waals surface area contributed by atoms with Gasteiger partial charge in [0.05, 0.1) is 18.8 Å². The van der Waals surface area contributed by atoms with Crippen LogP contribution in [0, 0.1) is 0 Å². The third-order valence-electron chi connectivity index (χ3n) is 7.73. The van der Waals surface area contributed by atoms with E-state index in [2.05, 4.69) is 43.0 Å². The minimum Gasteiger partial charge on any atom is -0.493 e. The second-order valence-corrected chi connectivity index (χ2v) is 10.8. The van der Waals surface area contributed by atoms with Gasteiger partial charge >= 0.3 is 0 Å². The van der Waals surface area contributed by atoms with Crippen molar-refractivity contribution >= 4 is 28.5 Å². The molecule has 2 N–H and O–H groups in total. The number of likely N-dealkylation sites (tertiary alicyclic amines) is 1. The molecule has 0 spiro atoms. The van der Waals surface area contributed by atoms with Crippen LogP contribution in [0.5, 0.6) is 5.75 Å². The lowest BCUT2D eigenvalue weighted by Crippen LogP contribution is -2.37. The number of aliphatic hydroxyl groups excluding tert-OH is 1. The van der Waals surface area contributed by atoms with Crippen LogP contribution in [0.1, 0.15) is 48.5 Å². The zero-order chi connectivity index (χ0) is 25.9. The highest BCUT2D eigenvalue weighted by atomic mass is 35.5. The Bertz CT molecular complexity index is 1350. The first-order chi connectivity index (χ1) is 18.7. The number of halogens is 1. The van der Waals surface area contributed by atoms with Gasteiger partial charge in [0, 0.05) is 53.5 Å². The molecule has 0 amide bonds. The van der Waals surface area contributed by atoms with Gasteiger partial charge in [0.1, 0.15) is 5.75 Å². The van der Waals surface area contributed by atoms with Crippen molar-refractivity contribution in [2.75, 3.05) is 37.7 Å². The number of nitrogens with one attached hydrogen (secondary N) is 1. The predicted molar refractivity (Wildman–Crippen MR) is 151 cm³/mol. The molecular weight excluding hydrogens is 498 g/mol. The molecule has 38 heavy (non-hydrogen) atoms. The number of hydrogen-bond donors (Lipinski definition) is 2. The maximum atomic E-state index is 10.5. The van der Waals surface area contributed by atoms with Gasteiger partial charge in [-0.1, -0.05) is 30.2 Å². The lowest BCUT2D eigenvalue weighted by molar-refractivity contribution is 0.0826. The van der Waals surface area contributed by atoms with Crippen LogP contribution in [0.3, 0.4) is 0 Å². The summed E-state index contributed by atoms with van der Waals surface area (Å²) >= 11 is 6.35. The van der Waals surface area contributed by atoms with Gasteiger partial charge < -0.3 is 24.6 Å². The molecule has 198 valence electrons. The number of anilines is 1. The van der Waals surface area contributed by atoms with Crippen molar-refractivity contribution in [1.29, 1.82) is 0 Å². The molecule has 2 aromatic carbocycles. The number of H-pyrrole nitrogens is 1. The van der Waals surface area contributed by atoms with E-state index in [0.29, 0.717) is 19.0 Å². The highest BCUT2D eigenvalue weighted by Crippen LogP contribution is 2.40. The summed E-state index contributed by atoms with van der Waals surface area (Å²) in [7, 11) is 0. The number of fused-ring (bicyclic) bond motifs is 3. The molecule has 0 saturated carbocycles. The predicted octanol–water partition coefficient (Wildman–Crippen LogP) is 5.38. The van der Waals surface area contributed by atoms with Gasteiger partial charge in [-0.25, -0.2) is 9.97 Å². The summed E-state index contributed by atoms with van der Waals surface area (Å²) in [5.41, 5.74) is 4.66. The number of aromatic nitrogens is 3. The number of benzene rings is 2. The first kappa shape index (κ1) is 25.2. The number of piperidine rings is 1. The summed E-state index contributed by atoms with van der Waals surface area (Å²) in [5, 5.41) is 12.4. The van der Waals surface area contributed by atoms with Crippen molar-refractivity contribution in [2.45, 2.75) is 44.2 Å². The molecule has 2 aliphatic rings. The Kier molecular flexibility index (Phi) is 7.49. The van der Waals surface area contributed by atoms with Crippen LogP contribution < -0.4 is 9.64 Å². The quantitative estimate of drug-likeness (QED) is 0.318. The molecule has 2 aliphatic heterocycles. The van der Waals surface area contributed by atoms with Gasteiger partial charge in [-0.2, -0.15) is 0 Å². The van der Waals surface area contributed by atoms with Crippen LogP contribution in [0.15, 0.2) is 60.9 Å². The summed E-state index contributed by atoms with van der Waals surface area (Å²) in [4.78, 5) is 17.4. The van der Waals surface area contributed by atoms with Gasteiger partial charge in [0.15, 0.2) is 0 Å². The number of hydrogen-bond acceptors (Lipinski definition) is 6. The Morgan fingerprint density at radius 3 is 2.61 bits per heavy atom. The van der Waals surface area contributed by atoms with Crippen LogP contribution in [0.4, 0.5) is 5.95 Å².